The van der Waals surface area contributed by atoms with Crippen LogP contribution in [0.3, 0.4) is 0 Å². The van der Waals surface area contributed by atoms with E-state index in [1.54, 1.807) is 6.07 Å². The summed E-state index contributed by atoms with van der Waals surface area (Å²) >= 11 is 18.5. The number of hydrogen-bond acceptors (Lipinski definition) is 6. The summed E-state index contributed by atoms with van der Waals surface area (Å²) in [6.45, 7) is 5.72. The molecule has 3 rings (SSSR count). The normalized spacial score (nSPS) is 14.4. The van der Waals surface area contributed by atoms with E-state index in [1.165, 1.54) is 40.6 Å². The molecule has 1 heterocycles. The van der Waals surface area contributed by atoms with Gasteiger partial charge in [-0.3, -0.25) is 9.59 Å². The molecule has 0 aliphatic carbocycles. The van der Waals surface area contributed by atoms with Crippen LogP contribution in [0.15, 0.2) is 47.4 Å². The average molecular weight is 576 g/mol. The Kier molecular flexibility index (Phi) is 9.29. The molecule has 8 nitrogen and oxygen atoms in total. The van der Waals surface area contributed by atoms with Crippen LogP contribution in [0.25, 0.3) is 0 Å². The van der Waals surface area contributed by atoms with Crippen LogP contribution < -0.4 is 9.47 Å². The molecule has 0 saturated carbocycles. The summed E-state index contributed by atoms with van der Waals surface area (Å²) in [6.07, 6.45) is 0.473. The zero-order chi connectivity index (χ0) is 26.6. The van der Waals surface area contributed by atoms with Gasteiger partial charge in [0.1, 0.15) is 21.4 Å². The van der Waals surface area contributed by atoms with Gasteiger partial charge in [0, 0.05) is 36.8 Å². The number of nitrogens with zero attached hydrogens (tertiary/aromatic N) is 2. The summed E-state index contributed by atoms with van der Waals surface area (Å²) in [7, 11) is -2.49. The summed E-state index contributed by atoms with van der Waals surface area (Å²) in [5.41, 5.74) is 0.604. The first-order valence-electron chi connectivity index (χ1n) is 11.0. The molecule has 1 amide bonds. The Morgan fingerprint density at radius 2 is 1.64 bits per heavy atom. The van der Waals surface area contributed by atoms with Gasteiger partial charge in [0.25, 0.3) is 5.91 Å². The number of hydrogen-bond donors (Lipinski definition) is 0. The Bertz CT molecular complexity index is 1290. The van der Waals surface area contributed by atoms with Crippen molar-refractivity contribution >= 4 is 56.5 Å². The zero-order valence-electron chi connectivity index (χ0n) is 19.7. The number of amides is 1. The van der Waals surface area contributed by atoms with E-state index >= 15 is 0 Å². The maximum Gasteiger partial charge on any atom is 0.260 e. The molecular formula is C24H25Cl3N2O6S. The third-order valence-corrected chi connectivity index (χ3v) is 8.74. The number of rotatable bonds is 9. The van der Waals surface area contributed by atoms with E-state index in [9.17, 15) is 18.0 Å². The molecule has 12 heteroatoms. The number of sulfonamides is 1. The number of ether oxygens (including phenoxy) is 2. The fourth-order valence-corrected chi connectivity index (χ4v) is 5.87. The van der Waals surface area contributed by atoms with Crippen molar-refractivity contribution in [1.29, 1.82) is 0 Å². The van der Waals surface area contributed by atoms with Gasteiger partial charge in [0.05, 0.1) is 12.1 Å². The zero-order valence-corrected chi connectivity index (χ0v) is 22.8. The predicted molar refractivity (Wildman–Crippen MR) is 139 cm³/mol. The van der Waals surface area contributed by atoms with Crippen LogP contribution in [-0.4, -0.2) is 69.2 Å². The Labute approximate surface area is 225 Å². The number of benzene rings is 2. The Hall–Kier alpha value is -2.30. The number of allylic oxidation sites excluding steroid dienone is 1. The van der Waals surface area contributed by atoms with Crippen molar-refractivity contribution in [3.8, 4) is 11.5 Å². The fraction of sp³-hybridized carbons (Fsp3) is 0.333. The number of carbonyl (C=O) groups excluding carboxylic acids is 2. The molecule has 1 aliphatic rings. The van der Waals surface area contributed by atoms with Gasteiger partial charge in [-0.15, -0.1) is 0 Å². The first-order chi connectivity index (χ1) is 17.0. The molecule has 1 aliphatic heterocycles. The van der Waals surface area contributed by atoms with Crippen molar-refractivity contribution in [2.45, 2.75) is 18.2 Å². The van der Waals surface area contributed by atoms with Gasteiger partial charge in [0.15, 0.2) is 12.4 Å². The number of methoxy groups -OCH3 is 1. The van der Waals surface area contributed by atoms with Crippen molar-refractivity contribution in [2.24, 2.45) is 0 Å². The molecule has 1 saturated heterocycles. The smallest absolute Gasteiger partial charge is 0.260 e. The Balaban J connectivity index is 1.62. The monoisotopic (exact) mass is 574 g/mol. The third kappa shape index (κ3) is 5.98. The maximum absolute atomic E-state index is 13.1. The summed E-state index contributed by atoms with van der Waals surface area (Å²) in [4.78, 5) is 26.5. The molecular weight excluding hydrogens is 551 g/mol. The molecule has 0 atom stereocenters. The van der Waals surface area contributed by atoms with Gasteiger partial charge in [-0.05, 0) is 42.3 Å². The lowest BCUT2D eigenvalue weighted by atomic mass is 10.0. The number of carbonyl (C=O) groups is 2. The van der Waals surface area contributed by atoms with Crippen molar-refractivity contribution in [3.05, 3.63) is 63.1 Å². The summed E-state index contributed by atoms with van der Waals surface area (Å²) in [5, 5.41) is 0.314. The minimum Gasteiger partial charge on any atom is -0.495 e. The lowest BCUT2D eigenvalue weighted by Crippen LogP contribution is -2.51. The van der Waals surface area contributed by atoms with Gasteiger partial charge in [-0.1, -0.05) is 48.3 Å². The maximum atomic E-state index is 13.1. The van der Waals surface area contributed by atoms with Crippen LogP contribution in [0, 0.1) is 0 Å². The number of Topliss-reactive ketones (excluding diaryl/α,β-unsaturated/α-hetero) is 1. The molecule has 0 radical (unpaired) electrons. The topological polar surface area (TPSA) is 93.2 Å². The van der Waals surface area contributed by atoms with Gasteiger partial charge >= 0.3 is 0 Å². The second kappa shape index (κ2) is 11.8. The van der Waals surface area contributed by atoms with Gasteiger partial charge in [-0.2, -0.15) is 4.31 Å². The average Bonchev–Trinajstić information content (AvgIpc) is 2.88. The van der Waals surface area contributed by atoms with Crippen molar-refractivity contribution in [2.75, 3.05) is 39.9 Å². The third-order valence-electron chi connectivity index (χ3n) is 5.73. The van der Waals surface area contributed by atoms with Crippen LogP contribution in [0.4, 0.5) is 0 Å². The SMILES string of the molecule is C=C(CC)C(=O)c1ccc(OCC(=O)N2CCN(S(=O)(=O)c3cc(Cl)ccc3OC)CC2)c(Cl)c1Cl. The molecule has 0 spiro atoms. The first-order valence-corrected chi connectivity index (χ1v) is 13.5. The van der Waals surface area contributed by atoms with E-state index in [2.05, 4.69) is 6.58 Å². The van der Waals surface area contributed by atoms with Crippen LogP contribution in [0.1, 0.15) is 23.7 Å². The number of ketones is 1. The number of piperazine rings is 1. The highest BCUT2D eigenvalue weighted by molar-refractivity contribution is 7.89. The highest BCUT2D eigenvalue weighted by Crippen LogP contribution is 2.36. The van der Waals surface area contributed by atoms with Crippen molar-refractivity contribution in [1.82, 2.24) is 9.21 Å². The van der Waals surface area contributed by atoms with E-state index in [0.717, 1.165) is 0 Å². The summed E-state index contributed by atoms with van der Waals surface area (Å²) in [5.74, 6) is -0.314. The van der Waals surface area contributed by atoms with Crippen LogP contribution in [-0.2, 0) is 14.8 Å². The van der Waals surface area contributed by atoms with Gasteiger partial charge in [-0.25, -0.2) is 8.42 Å². The second-order valence-corrected chi connectivity index (χ2v) is 11.0. The van der Waals surface area contributed by atoms with Crippen molar-refractivity contribution in [3.63, 3.8) is 0 Å². The molecule has 0 unspecified atom stereocenters. The van der Waals surface area contributed by atoms with Gasteiger partial charge < -0.3 is 14.4 Å². The lowest BCUT2D eigenvalue weighted by molar-refractivity contribution is -0.134. The molecule has 0 N–H and O–H groups in total. The molecule has 1 fully saturated rings. The first kappa shape index (κ1) is 28.3. The molecule has 2 aromatic rings. The quantitative estimate of drug-likeness (QED) is 0.317. The summed E-state index contributed by atoms with van der Waals surface area (Å²) < 4.78 is 38.2. The molecule has 36 heavy (non-hydrogen) atoms. The largest absolute Gasteiger partial charge is 0.495 e. The minimum atomic E-state index is -3.87. The highest BCUT2D eigenvalue weighted by Gasteiger charge is 2.32. The van der Waals surface area contributed by atoms with E-state index < -0.39 is 10.0 Å². The standard InChI is InChI=1S/C24H25Cl3N2O6S/c1-4-15(2)24(31)17-6-8-19(23(27)22(17)26)35-14-21(30)28-9-11-29(12-10-28)36(32,33)20-13-16(25)5-7-18(20)34-3/h5-8,13H,2,4,9-12,14H2,1,3H3. The van der Waals surface area contributed by atoms with Crippen molar-refractivity contribution < 1.29 is 27.5 Å². The minimum absolute atomic E-state index is 0.0191. The van der Waals surface area contributed by atoms with Crippen LogP contribution in [0.2, 0.25) is 15.1 Å². The van der Waals surface area contributed by atoms with Crippen LogP contribution in [0.5, 0.6) is 11.5 Å². The van der Waals surface area contributed by atoms with Crippen LogP contribution >= 0.6 is 34.8 Å². The number of halogens is 3. The summed E-state index contributed by atoms with van der Waals surface area (Å²) in [6, 6.07) is 7.33. The fourth-order valence-electron chi connectivity index (χ4n) is 3.57. The Morgan fingerprint density at radius 3 is 2.25 bits per heavy atom. The molecule has 2 aromatic carbocycles. The van der Waals surface area contributed by atoms with E-state index in [4.69, 9.17) is 44.3 Å². The molecule has 0 aromatic heterocycles. The molecule has 0 bridgehead atoms. The Morgan fingerprint density at radius 1 is 1.00 bits per heavy atom. The predicted octanol–water partition coefficient (Wildman–Crippen LogP) is 4.72. The molecule has 194 valence electrons. The van der Waals surface area contributed by atoms with E-state index in [1.807, 2.05) is 6.92 Å². The lowest BCUT2D eigenvalue weighted by Gasteiger charge is -2.34. The van der Waals surface area contributed by atoms with E-state index in [0.29, 0.717) is 12.0 Å². The van der Waals surface area contributed by atoms with Gasteiger partial charge in [0.2, 0.25) is 10.0 Å². The van der Waals surface area contributed by atoms with E-state index in [-0.39, 0.29) is 81.5 Å². The second-order valence-electron chi connectivity index (χ2n) is 7.89. The highest BCUT2D eigenvalue weighted by atomic mass is 35.5.